The van der Waals surface area contributed by atoms with Crippen LogP contribution in [0.4, 0.5) is 0 Å². The summed E-state index contributed by atoms with van der Waals surface area (Å²) in [5.74, 6) is 1.30. The zero-order chi connectivity index (χ0) is 20.5. The molecule has 160 valence electrons. The fraction of sp³-hybridized carbons (Fsp3) is 0.400. The second-order valence-electron chi connectivity index (χ2n) is 6.41. The molecule has 0 bridgehead atoms. The Hall–Kier alpha value is -1.94. The Morgan fingerprint density at radius 2 is 2.07 bits per heavy atom. The van der Waals surface area contributed by atoms with Crippen molar-refractivity contribution in [1.82, 2.24) is 20.1 Å². The fourth-order valence-corrected chi connectivity index (χ4v) is 3.02. The Balaban J connectivity index is 0.00000420. The number of hydrogen-bond acceptors (Lipinski definition) is 3. The van der Waals surface area contributed by atoms with E-state index in [4.69, 9.17) is 16.3 Å². The normalized spacial score (nSPS) is 10.9. The van der Waals surface area contributed by atoms with Crippen molar-refractivity contribution in [3.05, 3.63) is 52.8 Å². The first-order valence-corrected chi connectivity index (χ1v) is 9.51. The number of hydrogen-bond donors (Lipinski definition) is 2. The molecule has 0 aliphatic rings. The Morgan fingerprint density at radius 3 is 2.69 bits per heavy atom. The van der Waals surface area contributed by atoms with E-state index in [1.165, 1.54) is 0 Å². The highest BCUT2D eigenvalue weighted by molar-refractivity contribution is 14.0. The van der Waals surface area contributed by atoms with Crippen molar-refractivity contribution in [1.29, 1.82) is 0 Å². The maximum absolute atomic E-state index is 11.5. The Kier molecular flexibility index (Phi) is 10.9. The van der Waals surface area contributed by atoms with Crippen LogP contribution in [0.25, 0.3) is 0 Å². The lowest BCUT2D eigenvalue weighted by Crippen LogP contribution is -2.38. The molecule has 0 aliphatic carbocycles. The smallest absolute Gasteiger partial charge is 0.257 e. The van der Waals surface area contributed by atoms with Crippen molar-refractivity contribution < 1.29 is 9.53 Å². The average Bonchev–Trinajstić information content (AvgIpc) is 2.98. The van der Waals surface area contributed by atoms with E-state index in [1.54, 1.807) is 7.05 Å². The molecular formula is C20H29ClIN5O2. The zero-order valence-corrected chi connectivity index (χ0v) is 20.3. The molecule has 1 heterocycles. The van der Waals surface area contributed by atoms with Crippen LogP contribution < -0.4 is 15.4 Å². The maximum Gasteiger partial charge on any atom is 0.257 e. The molecule has 0 atom stereocenters. The summed E-state index contributed by atoms with van der Waals surface area (Å²) in [6, 6.07) is 9.60. The highest BCUT2D eigenvalue weighted by Gasteiger charge is 2.10. The van der Waals surface area contributed by atoms with Crippen LogP contribution in [0.5, 0.6) is 5.75 Å². The van der Waals surface area contributed by atoms with Gasteiger partial charge in [-0.05, 0) is 30.7 Å². The van der Waals surface area contributed by atoms with Crippen molar-refractivity contribution in [2.45, 2.75) is 20.0 Å². The van der Waals surface area contributed by atoms with Crippen LogP contribution in [0, 0.1) is 0 Å². The number of carbonyl (C=O) groups excluding carboxylic acids is 1. The summed E-state index contributed by atoms with van der Waals surface area (Å²) >= 11 is 6.06. The van der Waals surface area contributed by atoms with E-state index in [2.05, 4.69) is 15.6 Å². The summed E-state index contributed by atoms with van der Waals surface area (Å²) in [4.78, 5) is 17.9. The molecule has 1 aromatic heterocycles. The highest BCUT2D eigenvalue weighted by atomic mass is 127. The number of aryl methyl sites for hydroxylation is 1. The van der Waals surface area contributed by atoms with Gasteiger partial charge in [0.1, 0.15) is 5.75 Å². The van der Waals surface area contributed by atoms with Gasteiger partial charge in [0.05, 0.1) is 11.6 Å². The summed E-state index contributed by atoms with van der Waals surface area (Å²) in [5.41, 5.74) is 2.13. The molecule has 0 saturated carbocycles. The van der Waals surface area contributed by atoms with Gasteiger partial charge in [-0.3, -0.25) is 9.79 Å². The summed E-state index contributed by atoms with van der Waals surface area (Å²) in [7, 11) is 5.70. The molecule has 9 heteroatoms. The second kappa shape index (κ2) is 12.6. The number of carbonyl (C=O) groups is 1. The van der Waals surface area contributed by atoms with Gasteiger partial charge in [-0.15, -0.1) is 24.0 Å². The molecule has 0 saturated heterocycles. The molecule has 29 heavy (non-hydrogen) atoms. The quantitative estimate of drug-likeness (QED) is 0.311. The van der Waals surface area contributed by atoms with Crippen LogP contribution >= 0.6 is 35.6 Å². The predicted octanol–water partition coefficient (Wildman–Crippen LogP) is 3.02. The lowest BCUT2D eigenvalue weighted by atomic mass is 10.2. The van der Waals surface area contributed by atoms with Gasteiger partial charge in [0, 0.05) is 46.1 Å². The Bertz CT molecular complexity index is 825. The third-order valence-corrected chi connectivity index (χ3v) is 4.35. The molecular weight excluding hydrogens is 505 g/mol. The molecule has 7 nitrogen and oxygen atoms in total. The van der Waals surface area contributed by atoms with Crippen molar-refractivity contribution in [3.8, 4) is 5.75 Å². The standard InChI is InChI=1S/C20H28ClN5O2.HI/c1-5-23-19(27)14-28-18-8-6-7-15(9-18)11-24-20(22-2)26(4)13-17-10-16(21)12-25(17)3;/h6-10,12H,5,11,13-14H2,1-4H3,(H,22,24)(H,23,27);1H. The van der Waals surface area contributed by atoms with E-state index in [9.17, 15) is 4.79 Å². The molecule has 0 spiro atoms. The molecule has 1 aromatic carbocycles. The fourth-order valence-electron chi connectivity index (χ4n) is 2.75. The number of aromatic nitrogens is 1. The molecule has 2 rings (SSSR count). The van der Waals surface area contributed by atoms with Crippen molar-refractivity contribution >= 4 is 47.4 Å². The molecule has 0 radical (unpaired) electrons. The monoisotopic (exact) mass is 533 g/mol. The predicted molar refractivity (Wildman–Crippen MR) is 128 cm³/mol. The minimum Gasteiger partial charge on any atom is -0.484 e. The van der Waals surface area contributed by atoms with Gasteiger partial charge in [0.15, 0.2) is 12.6 Å². The van der Waals surface area contributed by atoms with Crippen molar-refractivity contribution in [2.75, 3.05) is 27.2 Å². The Labute approximate surface area is 194 Å². The van der Waals surface area contributed by atoms with E-state index in [-0.39, 0.29) is 36.5 Å². The average molecular weight is 534 g/mol. The van der Waals surface area contributed by atoms with Crippen LogP contribution in [-0.4, -0.2) is 48.6 Å². The number of rotatable bonds is 8. The first-order valence-electron chi connectivity index (χ1n) is 9.14. The van der Waals surface area contributed by atoms with Crippen LogP contribution in [0.1, 0.15) is 18.2 Å². The topological polar surface area (TPSA) is 70.9 Å². The van der Waals surface area contributed by atoms with Gasteiger partial charge in [-0.25, -0.2) is 0 Å². The highest BCUT2D eigenvalue weighted by Crippen LogP contribution is 2.15. The lowest BCUT2D eigenvalue weighted by molar-refractivity contribution is -0.122. The number of amides is 1. The lowest BCUT2D eigenvalue weighted by Gasteiger charge is -2.22. The summed E-state index contributed by atoms with van der Waals surface area (Å²) in [5, 5.41) is 6.77. The minimum atomic E-state index is -0.131. The third kappa shape index (κ3) is 8.14. The molecule has 0 fully saturated rings. The van der Waals surface area contributed by atoms with E-state index >= 15 is 0 Å². The van der Waals surface area contributed by atoms with Gasteiger partial charge >= 0.3 is 0 Å². The van der Waals surface area contributed by atoms with Crippen LogP contribution in [0.15, 0.2) is 41.5 Å². The summed E-state index contributed by atoms with van der Waals surface area (Å²) in [6.07, 6.45) is 1.88. The largest absolute Gasteiger partial charge is 0.484 e. The zero-order valence-electron chi connectivity index (χ0n) is 17.2. The van der Waals surface area contributed by atoms with Gasteiger partial charge in [0.2, 0.25) is 0 Å². The third-order valence-electron chi connectivity index (χ3n) is 4.14. The number of halogens is 2. The van der Waals surface area contributed by atoms with Gasteiger partial charge in [0.25, 0.3) is 5.91 Å². The number of nitrogens with zero attached hydrogens (tertiary/aromatic N) is 3. The number of aliphatic imine (C=N–C) groups is 1. The molecule has 2 aromatic rings. The summed E-state index contributed by atoms with van der Waals surface area (Å²) < 4.78 is 7.54. The summed E-state index contributed by atoms with van der Waals surface area (Å²) in [6.45, 7) is 3.74. The Morgan fingerprint density at radius 1 is 1.31 bits per heavy atom. The molecule has 1 amide bonds. The minimum absolute atomic E-state index is 0. The number of ether oxygens (including phenoxy) is 1. The SMILES string of the molecule is CCNC(=O)COc1cccc(CNC(=NC)N(C)Cc2cc(Cl)cn2C)c1.I. The molecule has 0 aliphatic heterocycles. The number of benzene rings is 1. The van der Waals surface area contributed by atoms with E-state index in [1.807, 2.05) is 67.0 Å². The molecule has 0 unspecified atom stereocenters. The van der Waals surface area contributed by atoms with E-state index in [0.29, 0.717) is 25.4 Å². The molecule has 2 N–H and O–H groups in total. The van der Waals surface area contributed by atoms with Crippen LogP contribution in [0.2, 0.25) is 5.02 Å². The van der Waals surface area contributed by atoms with Gasteiger partial charge in [-0.1, -0.05) is 23.7 Å². The number of nitrogens with one attached hydrogen (secondary N) is 2. The van der Waals surface area contributed by atoms with E-state index < -0.39 is 0 Å². The van der Waals surface area contributed by atoms with Crippen molar-refractivity contribution in [2.24, 2.45) is 12.0 Å². The van der Waals surface area contributed by atoms with Crippen LogP contribution in [-0.2, 0) is 24.9 Å². The van der Waals surface area contributed by atoms with Gasteiger partial charge < -0.3 is 24.8 Å². The van der Waals surface area contributed by atoms with Crippen LogP contribution in [0.3, 0.4) is 0 Å². The van der Waals surface area contributed by atoms with Crippen molar-refractivity contribution in [3.63, 3.8) is 0 Å². The number of likely N-dealkylation sites (N-methyl/N-ethyl adjacent to an activating group) is 1. The van der Waals surface area contributed by atoms with E-state index in [0.717, 1.165) is 22.2 Å². The number of guanidine groups is 1. The first-order chi connectivity index (χ1) is 13.4. The second-order valence-corrected chi connectivity index (χ2v) is 6.84. The first kappa shape index (κ1) is 25.1. The van der Waals surface area contributed by atoms with Gasteiger partial charge in [-0.2, -0.15) is 0 Å². The maximum atomic E-state index is 11.5.